The van der Waals surface area contributed by atoms with E-state index < -0.39 is 10.0 Å². The fraction of sp³-hybridized carbons (Fsp3) is 0.316. The number of hydrogen-bond acceptors (Lipinski definition) is 3. The number of nitrogens with zero attached hydrogens (tertiary/aromatic N) is 1. The van der Waals surface area contributed by atoms with Gasteiger partial charge in [-0.25, -0.2) is 8.42 Å². The Kier molecular flexibility index (Phi) is 5.08. The Morgan fingerprint density at radius 3 is 2.36 bits per heavy atom. The minimum absolute atomic E-state index is 0.0453. The number of piperidine rings is 1. The third kappa shape index (κ3) is 4.20. The first-order chi connectivity index (χ1) is 12.0. The van der Waals surface area contributed by atoms with Crippen LogP contribution in [0.3, 0.4) is 0 Å². The number of likely N-dealkylation sites (tertiary alicyclic amines) is 1. The highest BCUT2D eigenvalue weighted by Crippen LogP contribution is 2.20. The third-order valence-corrected chi connectivity index (χ3v) is 5.73. The van der Waals surface area contributed by atoms with Crippen LogP contribution in [-0.2, 0) is 10.0 Å². The Labute approximate surface area is 148 Å². The number of rotatable bonds is 4. The molecule has 25 heavy (non-hydrogen) atoms. The molecule has 1 heterocycles. The predicted octanol–water partition coefficient (Wildman–Crippen LogP) is 3.42. The number of carbonyl (C=O) groups excluding carboxylic acids is 1. The molecule has 6 heteroatoms. The van der Waals surface area contributed by atoms with E-state index in [1.54, 1.807) is 48.5 Å². The maximum atomic E-state index is 12.6. The zero-order chi connectivity index (χ0) is 17.9. The molecule has 1 amide bonds. The summed E-state index contributed by atoms with van der Waals surface area (Å²) in [5.41, 5.74) is 1.89. The number of hydrogen-bond donors (Lipinski definition) is 1. The normalized spacial score (nSPS) is 15.0. The number of amides is 1. The Morgan fingerprint density at radius 2 is 1.68 bits per heavy atom. The molecule has 1 aliphatic heterocycles. The molecule has 132 valence electrons. The monoisotopic (exact) mass is 358 g/mol. The van der Waals surface area contributed by atoms with Crippen molar-refractivity contribution in [1.82, 2.24) is 4.90 Å². The van der Waals surface area contributed by atoms with E-state index >= 15 is 0 Å². The molecule has 1 aliphatic rings. The molecule has 2 aromatic carbocycles. The van der Waals surface area contributed by atoms with Crippen LogP contribution in [0.5, 0.6) is 0 Å². The predicted molar refractivity (Wildman–Crippen MR) is 98.2 cm³/mol. The molecule has 0 radical (unpaired) electrons. The highest BCUT2D eigenvalue weighted by Gasteiger charge is 2.19. The van der Waals surface area contributed by atoms with Crippen LogP contribution in [0.4, 0.5) is 5.69 Å². The first-order valence-corrected chi connectivity index (χ1v) is 9.93. The van der Waals surface area contributed by atoms with Gasteiger partial charge in [0.25, 0.3) is 15.9 Å². The zero-order valence-corrected chi connectivity index (χ0v) is 15.1. The summed E-state index contributed by atoms with van der Waals surface area (Å²) in [6, 6.07) is 13.3. The first-order valence-electron chi connectivity index (χ1n) is 8.44. The summed E-state index contributed by atoms with van der Waals surface area (Å²) in [7, 11) is -3.67. The number of anilines is 1. The summed E-state index contributed by atoms with van der Waals surface area (Å²) in [6.45, 7) is 3.43. The zero-order valence-electron chi connectivity index (χ0n) is 14.2. The van der Waals surface area contributed by atoms with Gasteiger partial charge in [0.2, 0.25) is 0 Å². The topological polar surface area (TPSA) is 66.5 Å². The summed E-state index contributed by atoms with van der Waals surface area (Å²) in [6.07, 6.45) is 3.19. The van der Waals surface area contributed by atoms with Crippen molar-refractivity contribution in [1.29, 1.82) is 0 Å². The maximum absolute atomic E-state index is 12.6. The quantitative estimate of drug-likeness (QED) is 0.911. The average molecular weight is 358 g/mol. The minimum atomic E-state index is -3.67. The molecule has 0 atom stereocenters. The second-order valence-electron chi connectivity index (χ2n) is 6.35. The van der Waals surface area contributed by atoms with Crippen molar-refractivity contribution in [3.05, 3.63) is 59.7 Å². The number of sulfonamides is 1. The van der Waals surface area contributed by atoms with Crippen molar-refractivity contribution in [3.63, 3.8) is 0 Å². The Hall–Kier alpha value is -2.34. The van der Waals surface area contributed by atoms with Gasteiger partial charge in [-0.15, -0.1) is 0 Å². The fourth-order valence-electron chi connectivity index (χ4n) is 2.93. The molecule has 2 aromatic rings. The lowest BCUT2D eigenvalue weighted by atomic mass is 10.1. The average Bonchev–Trinajstić information content (AvgIpc) is 2.62. The van der Waals surface area contributed by atoms with E-state index in [1.807, 2.05) is 11.8 Å². The van der Waals surface area contributed by atoms with Crippen molar-refractivity contribution < 1.29 is 13.2 Å². The van der Waals surface area contributed by atoms with Crippen LogP contribution in [-0.4, -0.2) is 32.3 Å². The number of benzene rings is 2. The van der Waals surface area contributed by atoms with E-state index in [0.717, 1.165) is 37.9 Å². The van der Waals surface area contributed by atoms with Crippen molar-refractivity contribution in [3.8, 4) is 0 Å². The molecular formula is C19H22N2O3S. The maximum Gasteiger partial charge on any atom is 0.261 e. The van der Waals surface area contributed by atoms with Gasteiger partial charge in [0, 0.05) is 24.3 Å². The highest BCUT2D eigenvalue weighted by atomic mass is 32.2. The van der Waals surface area contributed by atoms with Gasteiger partial charge >= 0.3 is 0 Å². The standard InChI is InChI=1S/C19H22N2O3S/c1-15-8-10-18(11-9-15)25(23,24)20-17-7-5-6-16(14-17)19(22)21-12-3-2-4-13-21/h5-11,14,20H,2-4,12-13H2,1H3. The van der Waals surface area contributed by atoms with Crippen LogP contribution in [0, 0.1) is 6.92 Å². The van der Waals surface area contributed by atoms with E-state index in [0.29, 0.717) is 11.3 Å². The molecule has 0 aliphatic carbocycles. The molecule has 0 spiro atoms. The van der Waals surface area contributed by atoms with Gasteiger partial charge < -0.3 is 4.90 Å². The molecule has 5 nitrogen and oxygen atoms in total. The minimum Gasteiger partial charge on any atom is -0.339 e. The van der Waals surface area contributed by atoms with Crippen LogP contribution in [0.25, 0.3) is 0 Å². The molecular weight excluding hydrogens is 336 g/mol. The van der Waals surface area contributed by atoms with Crippen LogP contribution in [0.1, 0.15) is 35.2 Å². The molecule has 0 aromatic heterocycles. The van der Waals surface area contributed by atoms with Crippen molar-refractivity contribution in [2.24, 2.45) is 0 Å². The van der Waals surface area contributed by atoms with E-state index in [2.05, 4.69) is 4.72 Å². The number of nitrogens with one attached hydrogen (secondary N) is 1. The van der Waals surface area contributed by atoms with Crippen LogP contribution >= 0.6 is 0 Å². The van der Waals surface area contributed by atoms with Crippen molar-refractivity contribution >= 4 is 21.6 Å². The second-order valence-corrected chi connectivity index (χ2v) is 8.03. The summed E-state index contributed by atoms with van der Waals surface area (Å²) >= 11 is 0. The SMILES string of the molecule is Cc1ccc(S(=O)(=O)Nc2cccc(C(=O)N3CCCCC3)c2)cc1. The van der Waals surface area contributed by atoms with Gasteiger partial charge in [0.1, 0.15) is 0 Å². The summed E-state index contributed by atoms with van der Waals surface area (Å²) in [5, 5.41) is 0. The van der Waals surface area contributed by atoms with Crippen molar-refractivity contribution in [2.75, 3.05) is 17.8 Å². The lowest BCUT2D eigenvalue weighted by Gasteiger charge is -2.26. The van der Waals surface area contributed by atoms with Gasteiger partial charge in [-0.2, -0.15) is 0 Å². The third-order valence-electron chi connectivity index (χ3n) is 4.34. The summed E-state index contributed by atoms with van der Waals surface area (Å²) < 4.78 is 27.5. The summed E-state index contributed by atoms with van der Waals surface area (Å²) in [5.74, 6) is -0.0453. The number of aryl methyl sites for hydroxylation is 1. The fourth-order valence-corrected chi connectivity index (χ4v) is 3.98. The molecule has 1 fully saturated rings. The van der Waals surface area contributed by atoms with Gasteiger partial charge in [0.05, 0.1) is 4.90 Å². The van der Waals surface area contributed by atoms with Crippen LogP contribution in [0.15, 0.2) is 53.4 Å². The van der Waals surface area contributed by atoms with Crippen LogP contribution < -0.4 is 4.72 Å². The molecule has 1 N–H and O–H groups in total. The van der Waals surface area contributed by atoms with Gasteiger partial charge in [-0.05, 0) is 56.5 Å². The summed E-state index contributed by atoms with van der Waals surface area (Å²) in [4.78, 5) is 14.6. The first kappa shape index (κ1) is 17.5. The van der Waals surface area contributed by atoms with E-state index in [9.17, 15) is 13.2 Å². The molecule has 0 saturated carbocycles. The number of carbonyl (C=O) groups is 1. The van der Waals surface area contributed by atoms with E-state index in [4.69, 9.17) is 0 Å². The molecule has 1 saturated heterocycles. The van der Waals surface area contributed by atoms with Crippen LogP contribution in [0.2, 0.25) is 0 Å². The Morgan fingerprint density at radius 1 is 1.00 bits per heavy atom. The van der Waals surface area contributed by atoms with Gasteiger partial charge in [0.15, 0.2) is 0 Å². The van der Waals surface area contributed by atoms with E-state index in [-0.39, 0.29) is 10.8 Å². The molecule has 0 unspecified atom stereocenters. The van der Waals surface area contributed by atoms with E-state index in [1.165, 1.54) is 0 Å². The van der Waals surface area contributed by atoms with Crippen molar-refractivity contribution in [2.45, 2.75) is 31.1 Å². The van der Waals surface area contributed by atoms with Gasteiger partial charge in [-0.3, -0.25) is 9.52 Å². The largest absolute Gasteiger partial charge is 0.339 e. The Balaban J connectivity index is 1.79. The highest BCUT2D eigenvalue weighted by molar-refractivity contribution is 7.92. The lowest BCUT2D eigenvalue weighted by Crippen LogP contribution is -2.35. The molecule has 0 bridgehead atoms. The van der Waals surface area contributed by atoms with Gasteiger partial charge in [-0.1, -0.05) is 23.8 Å². The lowest BCUT2D eigenvalue weighted by molar-refractivity contribution is 0.0724. The second kappa shape index (κ2) is 7.27. The molecule has 3 rings (SSSR count). The Bertz CT molecular complexity index is 854. The smallest absolute Gasteiger partial charge is 0.261 e.